The highest BCUT2D eigenvalue weighted by Crippen LogP contribution is 2.28. The zero-order chi connectivity index (χ0) is 10.2. The number of benzene rings is 1. The Morgan fingerprint density at radius 3 is 2.00 bits per heavy atom. The number of halogens is 1. The van der Waals surface area contributed by atoms with Crippen LogP contribution in [0.15, 0.2) is 12.1 Å². The maximum Gasteiger partial charge on any atom is 0.0162 e. The van der Waals surface area contributed by atoms with E-state index in [1.807, 2.05) is 0 Å². The van der Waals surface area contributed by atoms with E-state index in [1.165, 1.54) is 20.3 Å². The molecule has 0 aliphatic heterocycles. The first-order chi connectivity index (χ1) is 5.82. The fraction of sp³-hybridized carbons (Fsp3) is 0.500. The van der Waals surface area contributed by atoms with E-state index in [2.05, 4.69) is 69.3 Å². The van der Waals surface area contributed by atoms with Gasteiger partial charge in [-0.2, -0.15) is 0 Å². The van der Waals surface area contributed by atoms with Crippen molar-refractivity contribution in [1.82, 2.24) is 0 Å². The molecule has 0 heterocycles. The minimum atomic E-state index is 0.263. The van der Waals surface area contributed by atoms with Gasteiger partial charge in [0, 0.05) is 3.57 Å². The molecule has 0 saturated heterocycles. The third-order valence-electron chi connectivity index (χ3n) is 2.31. The van der Waals surface area contributed by atoms with Crippen molar-refractivity contribution in [1.29, 1.82) is 0 Å². The Morgan fingerprint density at radius 2 is 1.54 bits per heavy atom. The molecule has 13 heavy (non-hydrogen) atoms. The molecule has 0 aliphatic rings. The van der Waals surface area contributed by atoms with Gasteiger partial charge in [-0.3, -0.25) is 0 Å². The molecule has 0 spiro atoms. The van der Waals surface area contributed by atoms with Crippen LogP contribution in [0.5, 0.6) is 0 Å². The molecule has 0 aromatic heterocycles. The van der Waals surface area contributed by atoms with Gasteiger partial charge in [-0.1, -0.05) is 26.8 Å². The fourth-order valence-electron chi connectivity index (χ4n) is 1.59. The summed E-state index contributed by atoms with van der Waals surface area (Å²) < 4.78 is 1.36. The SMILES string of the molecule is Cc1cc(C(C)(C)C)c(C)cc1I. The van der Waals surface area contributed by atoms with E-state index in [4.69, 9.17) is 0 Å². The average Bonchev–Trinajstić information content (AvgIpc) is 1.94. The predicted octanol–water partition coefficient (Wildman–Crippen LogP) is 4.21. The normalized spacial score (nSPS) is 11.8. The summed E-state index contributed by atoms with van der Waals surface area (Å²) in [6.07, 6.45) is 0. The fourth-order valence-corrected chi connectivity index (χ4v) is 2.21. The second-order valence-corrected chi connectivity index (χ2v) is 5.83. The van der Waals surface area contributed by atoms with Gasteiger partial charge in [-0.15, -0.1) is 0 Å². The quantitative estimate of drug-likeness (QED) is 0.627. The first kappa shape index (κ1) is 11.0. The standard InChI is InChI=1S/C12H17I/c1-8-7-11(13)9(2)6-10(8)12(3,4)5/h6-7H,1-5H3. The number of aryl methyl sites for hydroxylation is 2. The van der Waals surface area contributed by atoms with Crippen LogP contribution in [-0.2, 0) is 5.41 Å². The van der Waals surface area contributed by atoms with Gasteiger partial charge in [0.05, 0.1) is 0 Å². The lowest BCUT2D eigenvalue weighted by Gasteiger charge is -2.22. The minimum absolute atomic E-state index is 0.263. The van der Waals surface area contributed by atoms with Gasteiger partial charge >= 0.3 is 0 Å². The average molecular weight is 288 g/mol. The largest absolute Gasteiger partial charge is 0.0561 e. The van der Waals surface area contributed by atoms with Crippen LogP contribution in [0.1, 0.15) is 37.5 Å². The summed E-state index contributed by atoms with van der Waals surface area (Å²) in [4.78, 5) is 0. The van der Waals surface area contributed by atoms with E-state index in [0.717, 1.165) is 0 Å². The molecule has 72 valence electrons. The first-order valence-corrected chi connectivity index (χ1v) is 5.67. The van der Waals surface area contributed by atoms with Crippen LogP contribution in [0.2, 0.25) is 0 Å². The lowest BCUT2D eigenvalue weighted by atomic mass is 9.83. The van der Waals surface area contributed by atoms with Crippen molar-refractivity contribution < 1.29 is 0 Å². The van der Waals surface area contributed by atoms with Gasteiger partial charge in [0.15, 0.2) is 0 Å². The van der Waals surface area contributed by atoms with E-state index in [1.54, 1.807) is 0 Å². The van der Waals surface area contributed by atoms with Crippen LogP contribution in [-0.4, -0.2) is 0 Å². The molecular formula is C12H17I. The topological polar surface area (TPSA) is 0 Å². The number of hydrogen-bond donors (Lipinski definition) is 0. The zero-order valence-corrected chi connectivity index (χ0v) is 11.2. The molecule has 0 fully saturated rings. The van der Waals surface area contributed by atoms with Crippen LogP contribution >= 0.6 is 22.6 Å². The van der Waals surface area contributed by atoms with Crippen LogP contribution in [0.3, 0.4) is 0 Å². The molecule has 0 bridgehead atoms. The predicted molar refractivity (Wildman–Crippen MR) is 67.3 cm³/mol. The molecule has 0 atom stereocenters. The molecule has 0 amide bonds. The van der Waals surface area contributed by atoms with Crippen molar-refractivity contribution in [2.24, 2.45) is 0 Å². The number of hydrogen-bond acceptors (Lipinski definition) is 0. The van der Waals surface area contributed by atoms with Crippen molar-refractivity contribution in [3.8, 4) is 0 Å². The highest BCUT2D eigenvalue weighted by molar-refractivity contribution is 14.1. The van der Waals surface area contributed by atoms with Gasteiger partial charge in [-0.05, 0) is 64.6 Å². The van der Waals surface area contributed by atoms with Crippen molar-refractivity contribution in [2.45, 2.75) is 40.0 Å². The van der Waals surface area contributed by atoms with Gasteiger partial charge < -0.3 is 0 Å². The van der Waals surface area contributed by atoms with Gasteiger partial charge in [0.1, 0.15) is 0 Å². The lowest BCUT2D eigenvalue weighted by molar-refractivity contribution is 0.585. The second kappa shape index (κ2) is 3.60. The molecule has 0 aliphatic carbocycles. The summed E-state index contributed by atoms with van der Waals surface area (Å²) >= 11 is 2.39. The van der Waals surface area contributed by atoms with E-state index in [9.17, 15) is 0 Å². The van der Waals surface area contributed by atoms with Crippen LogP contribution < -0.4 is 0 Å². The molecule has 1 rings (SSSR count). The minimum Gasteiger partial charge on any atom is -0.0561 e. The van der Waals surface area contributed by atoms with Crippen LogP contribution in [0.4, 0.5) is 0 Å². The molecule has 1 heteroatoms. The highest BCUT2D eigenvalue weighted by atomic mass is 127. The maximum absolute atomic E-state index is 2.39. The Kier molecular flexibility index (Phi) is 3.05. The molecule has 1 aromatic rings. The van der Waals surface area contributed by atoms with Gasteiger partial charge in [-0.25, -0.2) is 0 Å². The highest BCUT2D eigenvalue weighted by Gasteiger charge is 2.16. The lowest BCUT2D eigenvalue weighted by Crippen LogP contribution is -2.13. The molecule has 0 radical (unpaired) electrons. The van der Waals surface area contributed by atoms with Gasteiger partial charge in [0.25, 0.3) is 0 Å². The Labute approximate surface area is 94.9 Å². The number of rotatable bonds is 0. The smallest absolute Gasteiger partial charge is 0.0162 e. The maximum atomic E-state index is 2.39. The molecule has 0 unspecified atom stereocenters. The van der Waals surface area contributed by atoms with E-state index in [0.29, 0.717) is 0 Å². The Bertz CT molecular complexity index is 319. The summed E-state index contributed by atoms with van der Waals surface area (Å²) in [7, 11) is 0. The molecule has 1 aromatic carbocycles. The second-order valence-electron chi connectivity index (χ2n) is 4.67. The van der Waals surface area contributed by atoms with E-state index >= 15 is 0 Å². The zero-order valence-electron chi connectivity index (χ0n) is 9.03. The van der Waals surface area contributed by atoms with Crippen molar-refractivity contribution in [2.75, 3.05) is 0 Å². The van der Waals surface area contributed by atoms with Crippen molar-refractivity contribution in [3.05, 3.63) is 32.4 Å². The molecule has 0 nitrogen and oxygen atoms in total. The third-order valence-corrected chi connectivity index (χ3v) is 3.48. The summed E-state index contributed by atoms with van der Waals surface area (Å²) in [6, 6.07) is 4.59. The molecular weight excluding hydrogens is 271 g/mol. The van der Waals surface area contributed by atoms with E-state index in [-0.39, 0.29) is 5.41 Å². The van der Waals surface area contributed by atoms with Crippen molar-refractivity contribution >= 4 is 22.6 Å². The van der Waals surface area contributed by atoms with Crippen LogP contribution in [0.25, 0.3) is 0 Å². The molecule has 0 N–H and O–H groups in total. The third kappa shape index (κ3) is 2.46. The van der Waals surface area contributed by atoms with Gasteiger partial charge in [0.2, 0.25) is 0 Å². The molecule has 0 saturated carbocycles. The summed E-state index contributed by atoms with van der Waals surface area (Å²) in [5.41, 5.74) is 4.52. The Morgan fingerprint density at radius 1 is 1.00 bits per heavy atom. The summed E-state index contributed by atoms with van der Waals surface area (Å²) in [5, 5.41) is 0. The van der Waals surface area contributed by atoms with Crippen molar-refractivity contribution in [3.63, 3.8) is 0 Å². The summed E-state index contributed by atoms with van der Waals surface area (Å²) in [6.45, 7) is 11.2. The Hall–Kier alpha value is -0.0500. The monoisotopic (exact) mass is 288 g/mol. The van der Waals surface area contributed by atoms with E-state index < -0.39 is 0 Å². The summed E-state index contributed by atoms with van der Waals surface area (Å²) in [5.74, 6) is 0. The Balaban J connectivity index is 3.32. The first-order valence-electron chi connectivity index (χ1n) is 4.59. The van der Waals surface area contributed by atoms with Crippen LogP contribution in [0, 0.1) is 17.4 Å².